The maximum Gasteiger partial charge on any atom is 0.0674 e. The van der Waals surface area contributed by atoms with Crippen LogP contribution in [0.5, 0.6) is 0 Å². The molecular weight excluding hydrogens is 212 g/mol. The third kappa shape index (κ3) is 3.31. The summed E-state index contributed by atoms with van der Waals surface area (Å²) < 4.78 is 12.7. The topological polar surface area (TPSA) is 17.1 Å². The second-order valence-corrected chi connectivity index (χ2v) is 5.31. The molecule has 76 valence electrons. The summed E-state index contributed by atoms with van der Waals surface area (Å²) in [5.74, 6) is 0.612. The fourth-order valence-corrected chi connectivity index (χ4v) is 3.20. The molecule has 1 unspecified atom stereocenters. The van der Waals surface area contributed by atoms with Crippen LogP contribution in [-0.4, -0.2) is 10.5 Å². The molecule has 0 aromatic heterocycles. The molecular formula is C11H14OS2. The fourth-order valence-electron chi connectivity index (χ4n) is 1.14. The van der Waals surface area contributed by atoms with Crippen LogP contribution in [-0.2, 0) is 16.6 Å². The molecule has 0 bridgehead atoms. The Hall–Kier alpha value is -0.540. The van der Waals surface area contributed by atoms with E-state index in [1.807, 2.05) is 49.6 Å². The van der Waals surface area contributed by atoms with Gasteiger partial charge in [-0.1, -0.05) is 36.4 Å². The smallest absolute Gasteiger partial charge is 0.0674 e. The van der Waals surface area contributed by atoms with E-state index in [0.29, 0.717) is 5.75 Å². The Balaban J connectivity index is 2.66. The zero-order chi connectivity index (χ0) is 10.4. The molecule has 0 aliphatic rings. The molecule has 0 aliphatic carbocycles. The summed E-state index contributed by atoms with van der Waals surface area (Å²) in [6.07, 6.45) is 3.88. The Kier molecular flexibility index (Phi) is 4.98. The van der Waals surface area contributed by atoms with Crippen molar-refractivity contribution < 1.29 is 4.21 Å². The van der Waals surface area contributed by atoms with E-state index in [4.69, 9.17) is 0 Å². The highest BCUT2D eigenvalue weighted by atomic mass is 32.2. The predicted octanol–water partition coefficient (Wildman–Crippen LogP) is 3.16. The SMILES string of the molecule is CC=C(SC)S(=O)Cc1ccccc1. The summed E-state index contributed by atoms with van der Waals surface area (Å²) in [4.78, 5) is 0. The Bertz CT molecular complexity index is 330. The molecule has 0 aliphatic heterocycles. The van der Waals surface area contributed by atoms with Gasteiger partial charge in [0.25, 0.3) is 0 Å². The van der Waals surface area contributed by atoms with Crippen LogP contribution in [0.2, 0.25) is 0 Å². The second-order valence-electron chi connectivity index (χ2n) is 2.79. The summed E-state index contributed by atoms with van der Waals surface area (Å²) in [7, 11) is -0.885. The Morgan fingerprint density at radius 1 is 1.43 bits per heavy atom. The van der Waals surface area contributed by atoms with Gasteiger partial charge in [0.15, 0.2) is 0 Å². The monoisotopic (exact) mass is 226 g/mol. The van der Waals surface area contributed by atoms with Crippen LogP contribution >= 0.6 is 11.8 Å². The highest BCUT2D eigenvalue weighted by molar-refractivity contribution is 8.15. The molecule has 1 nitrogen and oxygen atoms in total. The fraction of sp³-hybridized carbons (Fsp3) is 0.273. The van der Waals surface area contributed by atoms with Crippen molar-refractivity contribution in [3.05, 3.63) is 46.2 Å². The molecule has 14 heavy (non-hydrogen) atoms. The van der Waals surface area contributed by atoms with Gasteiger partial charge < -0.3 is 0 Å². The van der Waals surface area contributed by atoms with Crippen molar-refractivity contribution in [3.8, 4) is 0 Å². The first-order chi connectivity index (χ1) is 6.77. The van der Waals surface area contributed by atoms with Gasteiger partial charge in [0, 0.05) is 0 Å². The standard InChI is InChI=1S/C11H14OS2/c1-3-11(13-2)14(12)9-10-7-5-4-6-8-10/h3-8H,9H2,1-2H3. The number of allylic oxidation sites excluding steroid dienone is 1. The highest BCUT2D eigenvalue weighted by Gasteiger charge is 2.05. The maximum atomic E-state index is 11.8. The first-order valence-electron chi connectivity index (χ1n) is 4.40. The second kappa shape index (κ2) is 6.04. The summed E-state index contributed by atoms with van der Waals surface area (Å²) in [5, 5.41) is 0. The van der Waals surface area contributed by atoms with Gasteiger partial charge in [-0.05, 0) is 18.7 Å². The van der Waals surface area contributed by atoms with Crippen molar-refractivity contribution >= 4 is 22.6 Å². The van der Waals surface area contributed by atoms with Gasteiger partial charge in [-0.15, -0.1) is 11.8 Å². The zero-order valence-electron chi connectivity index (χ0n) is 8.40. The van der Waals surface area contributed by atoms with Crippen molar-refractivity contribution in [2.75, 3.05) is 6.26 Å². The van der Waals surface area contributed by atoms with Crippen molar-refractivity contribution in [2.45, 2.75) is 12.7 Å². The maximum absolute atomic E-state index is 11.8. The molecule has 1 aromatic carbocycles. The summed E-state index contributed by atoms with van der Waals surface area (Å²) in [5.41, 5.74) is 1.12. The molecule has 0 heterocycles. The van der Waals surface area contributed by atoms with Gasteiger partial charge in [0.2, 0.25) is 0 Å². The lowest BCUT2D eigenvalue weighted by Crippen LogP contribution is -1.96. The van der Waals surface area contributed by atoms with E-state index in [1.165, 1.54) is 0 Å². The first-order valence-corrected chi connectivity index (χ1v) is 6.95. The molecule has 0 N–H and O–H groups in total. The van der Waals surface area contributed by atoms with E-state index in [2.05, 4.69) is 0 Å². The first kappa shape index (κ1) is 11.5. The average molecular weight is 226 g/mol. The highest BCUT2D eigenvalue weighted by Crippen LogP contribution is 2.19. The Morgan fingerprint density at radius 2 is 2.07 bits per heavy atom. The van der Waals surface area contributed by atoms with E-state index < -0.39 is 10.8 Å². The van der Waals surface area contributed by atoms with Crippen molar-refractivity contribution in [2.24, 2.45) is 0 Å². The third-order valence-electron chi connectivity index (χ3n) is 1.80. The van der Waals surface area contributed by atoms with Crippen molar-refractivity contribution in [3.63, 3.8) is 0 Å². The third-order valence-corrected chi connectivity index (χ3v) is 4.78. The Morgan fingerprint density at radius 3 is 2.57 bits per heavy atom. The summed E-state index contributed by atoms with van der Waals surface area (Å²) in [6.45, 7) is 1.93. The number of hydrogen-bond donors (Lipinski definition) is 0. The number of thioether (sulfide) groups is 1. The van der Waals surface area contributed by atoms with E-state index in [-0.39, 0.29) is 0 Å². The van der Waals surface area contributed by atoms with Crippen molar-refractivity contribution in [1.82, 2.24) is 0 Å². The van der Waals surface area contributed by atoms with Crippen LogP contribution in [0.1, 0.15) is 12.5 Å². The van der Waals surface area contributed by atoms with E-state index >= 15 is 0 Å². The minimum atomic E-state index is -0.885. The van der Waals surface area contributed by atoms with Crippen LogP contribution < -0.4 is 0 Å². The number of rotatable bonds is 4. The molecule has 0 spiro atoms. The molecule has 0 amide bonds. The quantitative estimate of drug-likeness (QED) is 0.784. The number of hydrogen-bond acceptors (Lipinski definition) is 2. The van der Waals surface area contributed by atoms with Gasteiger partial charge >= 0.3 is 0 Å². The van der Waals surface area contributed by atoms with E-state index in [9.17, 15) is 4.21 Å². The minimum Gasteiger partial charge on any atom is -0.253 e. The van der Waals surface area contributed by atoms with Crippen LogP contribution in [0.3, 0.4) is 0 Å². The van der Waals surface area contributed by atoms with Crippen LogP contribution in [0.4, 0.5) is 0 Å². The van der Waals surface area contributed by atoms with Gasteiger partial charge in [0.1, 0.15) is 0 Å². The average Bonchev–Trinajstić information content (AvgIpc) is 2.21. The molecule has 1 rings (SSSR count). The van der Waals surface area contributed by atoms with E-state index in [0.717, 1.165) is 9.80 Å². The molecule has 1 atom stereocenters. The lowest BCUT2D eigenvalue weighted by molar-refractivity contribution is 0.687. The largest absolute Gasteiger partial charge is 0.253 e. The van der Waals surface area contributed by atoms with Crippen molar-refractivity contribution in [1.29, 1.82) is 0 Å². The van der Waals surface area contributed by atoms with E-state index in [1.54, 1.807) is 11.8 Å². The summed E-state index contributed by atoms with van der Waals surface area (Å²) in [6, 6.07) is 9.93. The molecule has 0 fully saturated rings. The van der Waals surface area contributed by atoms with Gasteiger partial charge in [0.05, 0.1) is 20.8 Å². The number of benzene rings is 1. The lowest BCUT2D eigenvalue weighted by Gasteiger charge is -2.03. The molecule has 0 saturated heterocycles. The van der Waals surface area contributed by atoms with Crippen LogP contribution in [0, 0.1) is 0 Å². The molecule has 0 saturated carbocycles. The molecule has 1 aromatic rings. The lowest BCUT2D eigenvalue weighted by atomic mass is 10.2. The van der Waals surface area contributed by atoms with Gasteiger partial charge in [-0.2, -0.15) is 0 Å². The summed E-state index contributed by atoms with van der Waals surface area (Å²) >= 11 is 1.56. The normalized spacial score (nSPS) is 14.0. The zero-order valence-corrected chi connectivity index (χ0v) is 10.0. The Labute approximate surface area is 92.1 Å². The van der Waals surface area contributed by atoms with Gasteiger partial charge in [-0.3, -0.25) is 4.21 Å². The minimum absolute atomic E-state index is 0.612. The van der Waals surface area contributed by atoms with Gasteiger partial charge in [-0.25, -0.2) is 0 Å². The molecule has 0 radical (unpaired) electrons. The molecule has 3 heteroatoms. The van der Waals surface area contributed by atoms with Crippen LogP contribution in [0.15, 0.2) is 40.6 Å². The van der Waals surface area contributed by atoms with Crippen LogP contribution in [0.25, 0.3) is 0 Å². The predicted molar refractivity (Wildman–Crippen MR) is 65.6 cm³/mol.